The Bertz CT molecular complexity index is 1360. The first-order valence-corrected chi connectivity index (χ1v) is 11.6. The van der Waals surface area contributed by atoms with Gasteiger partial charge in [-0.1, -0.05) is 31.2 Å². The summed E-state index contributed by atoms with van der Waals surface area (Å²) in [6.07, 6.45) is 2.55. The highest BCUT2D eigenvalue weighted by molar-refractivity contribution is 5.90. The topological polar surface area (TPSA) is 132 Å². The van der Waals surface area contributed by atoms with Crippen LogP contribution in [0, 0.1) is 0 Å². The van der Waals surface area contributed by atoms with Crippen LogP contribution in [0.25, 0.3) is 33.4 Å². The summed E-state index contributed by atoms with van der Waals surface area (Å²) in [5.41, 5.74) is 5.53. The maximum absolute atomic E-state index is 12.5. The van der Waals surface area contributed by atoms with Crippen LogP contribution in [0.15, 0.2) is 54.7 Å². The number of benzene rings is 2. The Morgan fingerprint density at radius 2 is 1.81 bits per heavy atom. The van der Waals surface area contributed by atoms with Crippen LogP contribution in [0.5, 0.6) is 0 Å². The molecule has 10 heteroatoms. The number of nitrogens with one attached hydrogen (secondary N) is 4. The number of H-pyrrole nitrogens is 2. The van der Waals surface area contributed by atoms with E-state index in [4.69, 9.17) is 0 Å². The Morgan fingerprint density at radius 3 is 2.50 bits per heavy atom. The molecule has 3 amide bonds. The molecule has 36 heavy (non-hydrogen) atoms. The molecule has 4 aromatic rings. The van der Waals surface area contributed by atoms with Gasteiger partial charge in [0.1, 0.15) is 12.4 Å². The average Bonchev–Trinajstić information content (AvgIpc) is 3.54. The zero-order chi connectivity index (χ0) is 25.5. The molecule has 4 N–H and O–H groups in total. The van der Waals surface area contributed by atoms with Crippen molar-refractivity contribution in [2.75, 3.05) is 25.5 Å². The largest absolute Gasteiger partial charge is 0.453 e. The van der Waals surface area contributed by atoms with Crippen LogP contribution in [0.1, 0.15) is 19.2 Å². The quantitative estimate of drug-likeness (QED) is 0.252. The van der Waals surface area contributed by atoms with Crippen molar-refractivity contribution in [1.29, 1.82) is 0 Å². The molecule has 0 bridgehead atoms. The molecule has 0 fully saturated rings. The summed E-state index contributed by atoms with van der Waals surface area (Å²) in [5, 5.41) is 6.09. The third-order valence-electron chi connectivity index (χ3n) is 5.74. The van der Waals surface area contributed by atoms with Crippen LogP contribution in [-0.4, -0.2) is 58.5 Å². The number of imidazole rings is 1. The maximum atomic E-state index is 12.5. The van der Waals surface area contributed by atoms with Gasteiger partial charge in [0, 0.05) is 28.8 Å². The van der Waals surface area contributed by atoms with E-state index in [0.717, 1.165) is 45.5 Å². The van der Waals surface area contributed by atoms with Crippen LogP contribution in [-0.2, 0) is 20.9 Å². The molecule has 0 aliphatic rings. The summed E-state index contributed by atoms with van der Waals surface area (Å²) in [4.78, 5) is 47.3. The number of rotatable bonds is 10. The van der Waals surface area contributed by atoms with Crippen LogP contribution in [0.4, 0.5) is 10.5 Å². The fourth-order valence-corrected chi connectivity index (χ4v) is 3.94. The van der Waals surface area contributed by atoms with Crippen LogP contribution < -0.4 is 10.6 Å². The van der Waals surface area contributed by atoms with Crippen molar-refractivity contribution in [2.45, 2.75) is 19.9 Å². The summed E-state index contributed by atoms with van der Waals surface area (Å²) < 4.78 is 4.52. The Labute approximate surface area is 208 Å². The molecule has 10 nitrogen and oxygen atoms in total. The number of fused-ring (bicyclic) bond motifs is 1. The second kappa shape index (κ2) is 11.2. The standard InChI is InChI=1S/C26H28N6O4/c1-3-10-32(25(34)14-28-26(35)36-2)15-24-27-13-23(31-24)18-6-4-17(5-7-18)22-12-19-11-20(29-16-33)8-9-21(19)30-22/h4-9,11-13,16,30H,3,10,14-15H2,1-2H3,(H,27,31)(H,28,35)(H,29,33). The number of hydrogen-bond acceptors (Lipinski definition) is 5. The lowest BCUT2D eigenvalue weighted by Crippen LogP contribution is -2.40. The van der Waals surface area contributed by atoms with Crippen LogP contribution in [0.3, 0.4) is 0 Å². The van der Waals surface area contributed by atoms with Gasteiger partial charge in [-0.3, -0.25) is 9.59 Å². The summed E-state index contributed by atoms with van der Waals surface area (Å²) in [7, 11) is 1.25. The number of aromatic amines is 2. The lowest BCUT2D eigenvalue weighted by Gasteiger charge is -2.21. The Kier molecular flexibility index (Phi) is 7.64. The fourth-order valence-electron chi connectivity index (χ4n) is 3.94. The van der Waals surface area contributed by atoms with E-state index in [9.17, 15) is 14.4 Å². The van der Waals surface area contributed by atoms with Crippen molar-refractivity contribution >= 4 is 35.0 Å². The van der Waals surface area contributed by atoms with Gasteiger partial charge in [-0.2, -0.15) is 0 Å². The van der Waals surface area contributed by atoms with Crippen LogP contribution in [0.2, 0.25) is 0 Å². The molecule has 0 spiro atoms. The molecule has 0 saturated carbocycles. The van der Waals surface area contributed by atoms with E-state index in [1.54, 1.807) is 11.1 Å². The SMILES string of the molecule is CCCN(Cc1ncc(-c2ccc(-c3cc4cc(NC=O)ccc4[nH]3)cc2)[nH]1)C(=O)CNC(=O)OC. The minimum absolute atomic E-state index is 0.135. The van der Waals surface area contributed by atoms with Gasteiger partial charge in [0.2, 0.25) is 12.3 Å². The van der Waals surface area contributed by atoms with E-state index >= 15 is 0 Å². The smallest absolute Gasteiger partial charge is 0.407 e. The van der Waals surface area contributed by atoms with Gasteiger partial charge in [0.25, 0.3) is 0 Å². The maximum Gasteiger partial charge on any atom is 0.407 e. The second-order valence-corrected chi connectivity index (χ2v) is 8.23. The van der Waals surface area contributed by atoms with E-state index in [-0.39, 0.29) is 12.5 Å². The Hall–Kier alpha value is -4.60. The molecule has 2 aromatic carbocycles. The van der Waals surface area contributed by atoms with E-state index < -0.39 is 6.09 Å². The third-order valence-corrected chi connectivity index (χ3v) is 5.74. The zero-order valence-electron chi connectivity index (χ0n) is 20.1. The molecular weight excluding hydrogens is 460 g/mol. The van der Waals surface area contributed by atoms with E-state index in [1.807, 2.05) is 55.5 Å². The highest BCUT2D eigenvalue weighted by atomic mass is 16.5. The van der Waals surface area contributed by atoms with Crippen molar-refractivity contribution in [2.24, 2.45) is 0 Å². The molecule has 0 unspecified atom stereocenters. The first-order valence-electron chi connectivity index (χ1n) is 11.6. The average molecular weight is 489 g/mol. The van der Waals surface area contributed by atoms with Gasteiger partial charge in [-0.25, -0.2) is 9.78 Å². The Morgan fingerprint density at radius 1 is 1.06 bits per heavy atom. The zero-order valence-corrected chi connectivity index (χ0v) is 20.1. The van der Waals surface area contributed by atoms with Crippen LogP contribution >= 0.6 is 0 Å². The third kappa shape index (κ3) is 5.72. The first kappa shape index (κ1) is 24.5. The van der Waals surface area contributed by atoms with Crippen molar-refractivity contribution in [3.8, 4) is 22.5 Å². The number of methoxy groups -OCH3 is 1. The van der Waals surface area contributed by atoms with Gasteiger partial charge in [-0.05, 0) is 41.8 Å². The predicted molar refractivity (Wildman–Crippen MR) is 137 cm³/mol. The van der Waals surface area contributed by atoms with Crippen molar-refractivity contribution in [3.05, 3.63) is 60.6 Å². The number of alkyl carbamates (subject to hydrolysis) is 1. The van der Waals surface area contributed by atoms with Gasteiger partial charge in [-0.15, -0.1) is 0 Å². The molecule has 0 aliphatic carbocycles. The number of carbonyl (C=O) groups is 3. The first-order chi connectivity index (χ1) is 17.5. The van der Waals surface area contributed by atoms with Crippen molar-refractivity contribution in [1.82, 2.24) is 25.2 Å². The van der Waals surface area contributed by atoms with Gasteiger partial charge < -0.3 is 30.2 Å². The number of aromatic nitrogens is 3. The lowest BCUT2D eigenvalue weighted by atomic mass is 10.1. The summed E-state index contributed by atoms with van der Waals surface area (Å²) in [6.45, 7) is 2.70. The highest BCUT2D eigenvalue weighted by Crippen LogP contribution is 2.28. The van der Waals surface area contributed by atoms with Gasteiger partial charge in [0.05, 0.1) is 25.5 Å². The van der Waals surface area contributed by atoms with Crippen molar-refractivity contribution in [3.63, 3.8) is 0 Å². The van der Waals surface area contributed by atoms with E-state index in [1.165, 1.54) is 7.11 Å². The molecule has 2 aromatic heterocycles. The number of anilines is 1. The second-order valence-electron chi connectivity index (χ2n) is 8.23. The molecule has 0 aliphatic heterocycles. The van der Waals surface area contributed by atoms with E-state index in [2.05, 4.69) is 30.3 Å². The highest BCUT2D eigenvalue weighted by Gasteiger charge is 2.16. The summed E-state index contributed by atoms with van der Waals surface area (Å²) in [6, 6.07) is 15.8. The summed E-state index contributed by atoms with van der Waals surface area (Å²) in [5.74, 6) is 0.446. The monoisotopic (exact) mass is 488 g/mol. The molecule has 186 valence electrons. The summed E-state index contributed by atoms with van der Waals surface area (Å²) >= 11 is 0. The van der Waals surface area contributed by atoms with Gasteiger partial charge in [0.15, 0.2) is 0 Å². The molecule has 0 saturated heterocycles. The number of amides is 3. The number of nitrogens with zero attached hydrogens (tertiary/aromatic N) is 2. The normalized spacial score (nSPS) is 10.7. The molecule has 2 heterocycles. The molecule has 0 atom stereocenters. The molecular formula is C26H28N6O4. The number of hydrogen-bond donors (Lipinski definition) is 4. The van der Waals surface area contributed by atoms with Crippen molar-refractivity contribution < 1.29 is 19.1 Å². The molecule has 0 radical (unpaired) electrons. The minimum Gasteiger partial charge on any atom is -0.453 e. The van der Waals surface area contributed by atoms with E-state index in [0.29, 0.717) is 25.3 Å². The predicted octanol–water partition coefficient (Wildman–Crippen LogP) is 3.89. The van der Waals surface area contributed by atoms with Gasteiger partial charge >= 0.3 is 6.09 Å². The Balaban J connectivity index is 1.45. The molecule has 4 rings (SSSR count). The number of ether oxygens (including phenoxy) is 1. The number of carbonyl (C=O) groups excluding carboxylic acids is 3. The fraction of sp³-hybridized carbons (Fsp3) is 0.231. The minimum atomic E-state index is -0.643. The lowest BCUT2D eigenvalue weighted by molar-refractivity contribution is -0.130.